The first-order valence-corrected chi connectivity index (χ1v) is 4.25. The average molecular weight is 186 g/mol. The summed E-state index contributed by atoms with van der Waals surface area (Å²) >= 11 is 0. The lowest BCUT2D eigenvalue weighted by Gasteiger charge is -2.05. The van der Waals surface area contributed by atoms with Crippen molar-refractivity contribution >= 4 is 12.2 Å². The predicted molar refractivity (Wildman–Crippen MR) is 46.4 cm³/mol. The number of esters is 1. The molecule has 1 aliphatic rings. The lowest BCUT2D eigenvalue weighted by atomic mass is 10.1. The van der Waals surface area contributed by atoms with Gasteiger partial charge in [0.1, 0.15) is 0 Å². The van der Waals surface area contributed by atoms with E-state index in [-0.39, 0.29) is 18.1 Å². The summed E-state index contributed by atoms with van der Waals surface area (Å²) in [5.74, 6) is -0.220. The van der Waals surface area contributed by atoms with Gasteiger partial charge >= 0.3 is 5.97 Å². The zero-order chi connectivity index (χ0) is 9.68. The molecular formula is C8H14N2O3. The zero-order valence-corrected chi connectivity index (χ0v) is 7.58. The zero-order valence-electron chi connectivity index (χ0n) is 7.58. The maximum atomic E-state index is 10.8. The molecule has 5 nitrogen and oxygen atoms in total. The molecule has 0 aliphatic carbocycles. The third-order valence-electron chi connectivity index (χ3n) is 2.00. The van der Waals surface area contributed by atoms with Gasteiger partial charge in [0.2, 0.25) is 0 Å². The van der Waals surface area contributed by atoms with Crippen LogP contribution in [0.4, 0.5) is 0 Å². The third kappa shape index (κ3) is 3.12. The molecule has 0 saturated carbocycles. The van der Waals surface area contributed by atoms with E-state index >= 15 is 0 Å². The normalized spacial score (nSPS) is 27.2. The molecule has 0 aromatic carbocycles. The molecule has 1 fully saturated rings. The molecule has 2 N–H and O–H groups in total. The van der Waals surface area contributed by atoms with E-state index in [2.05, 4.69) is 10.2 Å². The molecule has 2 unspecified atom stereocenters. The number of ether oxygens (including phenoxy) is 1. The molecule has 1 rings (SSSR count). The first kappa shape index (κ1) is 10.1. The first-order chi connectivity index (χ1) is 6.26. The van der Waals surface area contributed by atoms with Crippen LogP contribution in [-0.4, -0.2) is 31.4 Å². The van der Waals surface area contributed by atoms with Crippen molar-refractivity contribution in [3.8, 4) is 0 Å². The summed E-state index contributed by atoms with van der Waals surface area (Å²) in [6, 6.07) is -0.0114. The number of methoxy groups -OCH3 is 1. The van der Waals surface area contributed by atoms with Crippen LogP contribution in [0.25, 0.3) is 0 Å². The highest BCUT2D eigenvalue weighted by Crippen LogP contribution is 2.14. The highest BCUT2D eigenvalue weighted by atomic mass is 16.7. The molecule has 0 radical (unpaired) electrons. The van der Waals surface area contributed by atoms with E-state index in [1.54, 1.807) is 0 Å². The smallest absolute Gasteiger partial charge is 0.305 e. The van der Waals surface area contributed by atoms with Crippen molar-refractivity contribution in [1.82, 2.24) is 5.48 Å². The second-order valence-electron chi connectivity index (χ2n) is 2.98. The van der Waals surface area contributed by atoms with Crippen LogP contribution in [0.15, 0.2) is 0 Å². The number of hydrogen-bond donors (Lipinski definition) is 2. The topological polar surface area (TPSA) is 71.4 Å². The van der Waals surface area contributed by atoms with Gasteiger partial charge < -0.3 is 10.1 Å². The van der Waals surface area contributed by atoms with Crippen LogP contribution in [0.3, 0.4) is 0 Å². The van der Waals surface area contributed by atoms with Gasteiger partial charge in [-0.05, 0) is 12.8 Å². The predicted octanol–water partition coefficient (Wildman–Crippen LogP) is 0.251. The van der Waals surface area contributed by atoms with Crippen molar-refractivity contribution in [1.29, 1.82) is 5.41 Å². The Morgan fingerprint density at radius 2 is 2.62 bits per heavy atom. The average Bonchev–Trinajstić information content (AvgIpc) is 2.61. The van der Waals surface area contributed by atoms with Gasteiger partial charge in [-0.2, -0.15) is 5.48 Å². The van der Waals surface area contributed by atoms with Crippen molar-refractivity contribution in [3.05, 3.63) is 0 Å². The summed E-state index contributed by atoms with van der Waals surface area (Å²) in [6.07, 6.45) is 3.08. The number of hydrogen-bond acceptors (Lipinski definition) is 5. The minimum absolute atomic E-state index is 0.0114. The van der Waals surface area contributed by atoms with E-state index in [4.69, 9.17) is 10.2 Å². The lowest BCUT2D eigenvalue weighted by Crippen LogP contribution is -2.20. The second kappa shape index (κ2) is 4.94. The maximum absolute atomic E-state index is 10.8. The number of hydroxylamine groups is 1. The number of nitrogens with one attached hydrogen (secondary N) is 2. The largest absolute Gasteiger partial charge is 0.469 e. The molecule has 2 atom stereocenters. The summed E-state index contributed by atoms with van der Waals surface area (Å²) in [5.41, 5.74) is 2.70. The molecule has 0 bridgehead atoms. The van der Waals surface area contributed by atoms with Crippen LogP contribution in [0, 0.1) is 5.41 Å². The van der Waals surface area contributed by atoms with Crippen LogP contribution in [0.5, 0.6) is 0 Å². The van der Waals surface area contributed by atoms with Crippen LogP contribution >= 0.6 is 0 Å². The monoisotopic (exact) mass is 186 g/mol. The Morgan fingerprint density at radius 3 is 3.15 bits per heavy atom. The van der Waals surface area contributed by atoms with Crippen molar-refractivity contribution < 1.29 is 14.4 Å². The lowest BCUT2D eigenvalue weighted by molar-refractivity contribution is -0.141. The quantitative estimate of drug-likeness (QED) is 0.487. The minimum Gasteiger partial charge on any atom is -0.469 e. The fraction of sp³-hybridized carbons (Fsp3) is 0.750. The van der Waals surface area contributed by atoms with Crippen LogP contribution in [-0.2, 0) is 14.4 Å². The van der Waals surface area contributed by atoms with E-state index in [9.17, 15) is 4.79 Å². The van der Waals surface area contributed by atoms with Crippen molar-refractivity contribution in [2.45, 2.75) is 31.4 Å². The highest BCUT2D eigenvalue weighted by Gasteiger charge is 2.24. The second-order valence-corrected chi connectivity index (χ2v) is 2.98. The van der Waals surface area contributed by atoms with E-state index < -0.39 is 0 Å². The molecule has 0 spiro atoms. The molecule has 0 amide bonds. The van der Waals surface area contributed by atoms with Gasteiger partial charge in [-0.3, -0.25) is 9.63 Å². The van der Waals surface area contributed by atoms with Gasteiger partial charge in [-0.1, -0.05) is 0 Å². The van der Waals surface area contributed by atoms with Crippen molar-refractivity contribution in [3.63, 3.8) is 0 Å². The number of rotatable bonds is 4. The Bertz CT molecular complexity index is 196. The van der Waals surface area contributed by atoms with Gasteiger partial charge in [0.05, 0.1) is 19.3 Å². The molecule has 1 heterocycles. The van der Waals surface area contributed by atoms with Gasteiger partial charge in [-0.25, -0.2) is 0 Å². The Morgan fingerprint density at radius 1 is 1.85 bits per heavy atom. The fourth-order valence-corrected chi connectivity index (χ4v) is 1.22. The molecule has 5 heteroatoms. The summed E-state index contributed by atoms with van der Waals surface area (Å²) in [4.78, 5) is 15.9. The summed E-state index contributed by atoms with van der Waals surface area (Å²) in [6.45, 7) is 0. The molecule has 0 aromatic rings. The Labute approximate surface area is 76.9 Å². The van der Waals surface area contributed by atoms with Crippen molar-refractivity contribution in [2.24, 2.45) is 0 Å². The highest BCUT2D eigenvalue weighted by molar-refractivity contribution is 5.69. The van der Waals surface area contributed by atoms with Crippen LogP contribution in [0.1, 0.15) is 19.3 Å². The molecule has 0 aromatic heterocycles. The fourth-order valence-electron chi connectivity index (χ4n) is 1.22. The van der Waals surface area contributed by atoms with Gasteiger partial charge in [0.15, 0.2) is 0 Å². The SMILES string of the molecule is COC(=O)CCC1CC(C=N)NO1. The van der Waals surface area contributed by atoms with Crippen LogP contribution in [0.2, 0.25) is 0 Å². The van der Waals surface area contributed by atoms with Crippen LogP contribution < -0.4 is 5.48 Å². The van der Waals surface area contributed by atoms with Gasteiger partial charge in [0.25, 0.3) is 0 Å². The number of carbonyl (C=O) groups is 1. The van der Waals surface area contributed by atoms with Gasteiger partial charge in [0, 0.05) is 12.6 Å². The van der Waals surface area contributed by atoms with E-state index in [1.807, 2.05) is 0 Å². The Hall–Kier alpha value is -0.940. The summed E-state index contributed by atoms with van der Waals surface area (Å²) < 4.78 is 4.50. The standard InChI is InChI=1S/C8H14N2O3/c1-12-8(11)3-2-7-4-6(5-9)10-13-7/h5-7,9-10H,2-4H2,1H3. The molecular weight excluding hydrogens is 172 g/mol. The van der Waals surface area contributed by atoms with E-state index in [0.717, 1.165) is 6.42 Å². The van der Waals surface area contributed by atoms with E-state index in [1.165, 1.54) is 13.3 Å². The Balaban J connectivity index is 2.17. The first-order valence-electron chi connectivity index (χ1n) is 4.25. The molecule has 1 saturated heterocycles. The molecule has 13 heavy (non-hydrogen) atoms. The third-order valence-corrected chi connectivity index (χ3v) is 2.00. The Kier molecular flexibility index (Phi) is 3.85. The number of carbonyl (C=O) groups excluding carboxylic acids is 1. The van der Waals surface area contributed by atoms with E-state index in [0.29, 0.717) is 12.8 Å². The molecule has 1 aliphatic heterocycles. The summed E-state index contributed by atoms with van der Waals surface area (Å²) in [7, 11) is 1.37. The summed E-state index contributed by atoms with van der Waals surface area (Å²) in [5, 5.41) is 6.98. The van der Waals surface area contributed by atoms with Crippen molar-refractivity contribution in [2.75, 3.05) is 7.11 Å². The molecule has 74 valence electrons. The van der Waals surface area contributed by atoms with Gasteiger partial charge in [-0.15, -0.1) is 0 Å². The minimum atomic E-state index is -0.220. The maximum Gasteiger partial charge on any atom is 0.305 e.